The SMILES string of the molecule is Cl.[N-]=[N+]=COc1ccccc1. The zero-order valence-corrected chi connectivity index (χ0v) is 6.49. The number of ether oxygens (including phenoxy) is 1. The van der Waals surface area contributed by atoms with E-state index in [1.165, 1.54) is 0 Å². The molecule has 0 atom stereocenters. The largest absolute Gasteiger partial charge is 0.443 e. The van der Waals surface area contributed by atoms with Crippen molar-refractivity contribution in [3.63, 3.8) is 0 Å². The van der Waals surface area contributed by atoms with Gasteiger partial charge in [0.1, 0.15) is 5.75 Å². The summed E-state index contributed by atoms with van der Waals surface area (Å²) in [5, 5.41) is 0. The van der Waals surface area contributed by atoms with Crippen molar-refractivity contribution >= 4 is 18.8 Å². The van der Waals surface area contributed by atoms with E-state index in [-0.39, 0.29) is 12.4 Å². The molecule has 3 nitrogen and oxygen atoms in total. The van der Waals surface area contributed by atoms with Crippen LogP contribution in [0.3, 0.4) is 0 Å². The molecule has 0 heterocycles. The molecular formula is C7H7ClN2O. The summed E-state index contributed by atoms with van der Waals surface area (Å²) >= 11 is 0. The van der Waals surface area contributed by atoms with Crippen molar-refractivity contribution in [3.8, 4) is 5.75 Å². The van der Waals surface area contributed by atoms with E-state index >= 15 is 0 Å². The lowest BCUT2D eigenvalue weighted by atomic mass is 10.3. The first-order valence-electron chi connectivity index (χ1n) is 2.81. The summed E-state index contributed by atoms with van der Waals surface area (Å²) in [6.45, 7) is 0. The third-order valence-electron chi connectivity index (χ3n) is 0.979. The lowest BCUT2D eigenvalue weighted by Crippen LogP contribution is -1.88. The molecular weight excluding hydrogens is 164 g/mol. The summed E-state index contributed by atoms with van der Waals surface area (Å²) in [5.74, 6) is 0.653. The van der Waals surface area contributed by atoms with Crippen LogP contribution in [0.2, 0.25) is 0 Å². The van der Waals surface area contributed by atoms with Gasteiger partial charge in [0.25, 0.3) is 0 Å². The number of nitrogens with zero attached hydrogens (tertiary/aromatic N) is 2. The molecule has 0 aromatic heterocycles. The van der Waals surface area contributed by atoms with Crippen LogP contribution in [-0.2, 0) is 0 Å². The molecule has 0 unspecified atom stereocenters. The van der Waals surface area contributed by atoms with E-state index in [1.54, 1.807) is 12.1 Å². The van der Waals surface area contributed by atoms with Gasteiger partial charge in [-0.2, -0.15) is 0 Å². The first-order valence-corrected chi connectivity index (χ1v) is 2.81. The molecule has 0 radical (unpaired) electrons. The van der Waals surface area contributed by atoms with Gasteiger partial charge in [0.2, 0.25) is 0 Å². The van der Waals surface area contributed by atoms with Gasteiger partial charge in [-0.3, -0.25) is 0 Å². The molecule has 0 fully saturated rings. The Labute approximate surface area is 70.6 Å². The standard InChI is InChI=1S/C7H6N2O.ClH/c8-9-6-10-7-4-2-1-3-5-7;/h1-6H;1H. The molecule has 0 amide bonds. The van der Waals surface area contributed by atoms with E-state index in [1.807, 2.05) is 18.2 Å². The van der Waals surface area contributed by atoms with Crippen LogP contribution in [0.4, 0.5) is 0 Å². The van der Waals surface area contributed by atoms with Crippen LogP contribution in [-0.4, -0.2) is 11.2 Å². The van der Waals surface area contributed by atoms with E-state index in [0.717, 1.165) is 6.40 Å². The van der Waals surface area contributed by atoms with Gasteiger partial charge < -0.3 is 10.3 Å². The molecule has 0 saturated carbocycles. The molecule has 0 aliphatic carbocycles. The quantitative estimate of drug-likeness (QED) is 0.289. The predicted octanol–water partition coefficient (Wildman–Crippen LogP) is 1.75. The average Bonchev–Trinajstić information content (AvgIpc) is 2.03. The third kappa shape index (κ3) is 3.40. The smallest absolute Gasteiger partial charge is 0.399 e. The van der Waals surface area contributed by atoms with E-state index in [4.69, 9.17) is 10.3 Å². The Morgan fingerprint density at radius 1 is 1.27 bits per heavy atom. The second-order valence-electron chi connectivity index (χ2n) is 1.65. The Morgan fingerprint density at radius 3 is 2.45 bits per heavy atom. The topological polar surface area (TPSA) is 45.6 Å². The second-order valence-corrected chi connectivity index (χ2v) is 1.65. The summed E-state index contributed by atoms with van der Waals surface area (Å²) in [7, 11) is 0. The Bertz CT molecular complexity index is 244. The highest BCUT2D eigenvalue weighted by Crippen LogP contribution is 2.05. The highest BCUT2D eigenvalue weighted by atomic mass is 35.5. The van der Waals surface area contributed by atoms with Gasteiger partial charge >= 0.3 is 6.40 Å². The molecule has 4 heteroatoms. The Kier molecular flexibility index (Phi) is 4.82. The van der Waals surface area contributed by atoms with Crippen molar-refractivity contribution in [2.75, 3.05) is 0 Å². The van der Waals surface area contributed by atoms with Gasteiger partial charge in [-0.15, -0.1) is 17.2 Å². The first-order chi connectivity index (χ1) is 4.93. The van der Waals surface area contributed by atoms with E-state index < -0.39 is 0 Å². The van der Waals surface area contributed by atoms with Crippen LogP contribution < -0.4 is 4.74 Å². The lowest BCUT2D eigenvalue weighted by Gasteiger charge is -1.90. The molecule has 0 saturated heterocycles. The van der Waals surface area contributed by atoms with Gasteiger partial charge in [-0.05, 0) is 12.1 Å². The predicted molar refractivity (Wildman–Crippen MR) is 44.0 cm³/mol. The summed E-state index contributed by atoms with van der Waals surface area (Å²) in [6.07, 6.45) is 0.968. The Balaban J connectivity index is 0.000001000. The second kappa shape index (κ2) is 5.47. The van der Waals surface area contributed by atoms with Gasteiger partial charge in [0.15, 0.2) is 0 Å². The van der Waals surface area contributed by atoms with Gasteiger partial charge in [0, 0.05) is 0 Å². The highest BCUT2D eigenvalue weighted by molar-refractivity contribution is 5.85. The number of hydrogen-bond donors (Lipinski definition) is 0. The number of benzene rings is 1. The molecule has 0 N–H and O–H groups in total. The Hall–Kier alpha value is -1.31. The zero-order valence-electron chi connectivity index (χ0n) is 5.68. The number of para-hydroxylation sites is 1. The molecule has 1 aromatic rings. The van der Waals surface area contributed by atoms with Gasteiger partial charge in [-0.1, -0.05) is 18.2 Å². The molecule has 0 bridgehead atoms. The van der Waals surface area contributed by atoms with Crippen molar-refractivity contribution in [1.82, 2.24) is 0 Å². The fraction of sp³-hybridized carbons (Fsp3) is 0. The van der Waals surface area contributed by atoms with Crippen LogP contribution in [0.15, 0.2) is 30.3 Å². The maximum Gasteiger partial charge on any atom is 0.443 e. The highest BCUT2D eigenvalue weighted by Gasteiger charge is 1.86. The number of hydrogen-bond acceptors (Lipinski definition) is 1. The van der Waals surface area contributed by atoms with Gasteiger partial charge in [-0.25, -0.2) is 0 Å². The average molecular weight is 171 g/mol. The molecule has 1 aromatic carbocycles. The lowest BCUT2D eigenvalue weighted by molar-refractivity contribution is -0.0150. The number of rotatable bonds is 2. The van der Waals surface area contributed by atoms with Crippen molar-refractivity contribution < 1.29 is 9.53 Å². The Morgan fingerprint density at radius 2 is 1.91 bits per heavy atom. The van der Waals surface area contributed by atoms with Crippen LogP contribution in [0.5, 0.6) is 5.75 Å². The van der Waals surface area contributed by atoms with E-state index in [9.17, 15) is 0 Å². The maximum absolute atomic E-state index is 7.97. The van der Waals surface area contributed by atoms with Crippen molar-refractivity contribution in [3.05, 3.63) is 35.9 Å². The normalized spacial score (nSPS) is 7.27. The van der Waals surface area contributed by atoms with E-state index in [0.29, 0.717) is 5.75 Å². The van der Waals surface area contributed by atoms with E-state index in [2.05, 4.69) is 4.79 Å². The van der Waals surface area contributed by atoms with Crippen LogP contribution in [0.1, 0.15) is 0 Å². The summed E-state index contributed by atoms with van der Waals surface area (Å²) < 4.78 is 4.81. The maximum atomic E-state index is 7.97. The zero-order chi connectivity index (χ0) is 7.23. The molecule has 11 heavy (non-hydrogen) atoms. The van der Waals surface area contributed by atoms with Crippen molar-refractivity contribution in [2.24, 2.45) is 0 Å². The fourth-order valence-electron chi connectivity index (χ4n) is 0.583. The summed E-state index contributed by atoms with van der Waals surface area (Å²) in [6, 6.07) is 9.08. The van der Waals surface area contributed by atoms with Crippen molar-refractivity contribution in [1.29, 1.82) is 0 Å². The van der Waals surface area contributed by atoms with Crippen LogP contribution >= 0.6 is 12.4 Å². The molecule has 58 valence electrons. The van der Waals surface area contributed by atoms with Crippen LogP contribution in [0, 0.1) is 0 Å². The third-order valence-corrected chi connectivity index (χ3v) is 0.979. The molecule has 0 spiro atoms. The minimum Gasteiger partial charge on any atom is -0.399 e. The van der Waals surface area contributed by atoms with Crippen molar-refractivity contribution in [2.45, 2.75) is 0 Å². The van der Waals surface area contributed by atoms with Gasteiger partial charge in [0.05, 0.1) is 0 Å². The minimum absolute atomic E-state index is 0. The molecule has 0 aliphatic rings. The monoisotopic (exact) mass is 170 g/mol. The number of halogens is 1. The summed E-state index contributed by atoms with van der Waals surface area (Å²) in [5.41, 5.74) is 7.97. The summed E-state index contributed by atoms with van der Waals surface area (Å²) in [4.78, 5) is 2.68. The fourth-order valence-corrected chi connectivity index (χ4v) is 0.583. The molecule has 0 aliphatic heterocycles. The van der Waals surface area contributed by atoms with Crippen LogP contribution in [0.25, 0.3) is 5.53 Å². The minimum atomic E-state index is 0. The molecule has 1 rings (SSSR count). The first kappa shape index (κ1) is 9.69.